The van der Waals surface area contributed by atoms with E-state index in [0.717, 1.165) is 6.08 Å². The summed E-state index contributed by atoms with van der Waals surface area (Å²) in [5, 5.41) is 18.6. The largest absolute Gasteiger partial charge is 0.508 e. The van der Waals surface area contributed by atoms with Crippen LogP contribution in [0.4, 0.5) is 0 Å². The Bertz CT molecular complexity index is 393. The number of hydrogen-bond donors (Lipinski definition) is 2. The van der Waals surface area contributed by atoms with Crippen LogP contribution in [0.1, 0.15) is 15.9 Å². The summed E-state index contributed by atoms with van der Waals surface area (Å²) in [5.41, 5.74) is 0.854. The summed E-state index contributed by atoms with van der Waals surface area (Å²) in [6.45, 7) is 0. The second kappa shape index (κ2) is 2.71. The predicted octanol–water partition coefficient (Wildman–Crippen LogP) is 1.14. The lowest BCUT2D eigenvalue weighted by Gasteiger charge is -2.15. The Labute approximate surface area is 74.9 Å². The molecule has 0 heterocycles. The van der Waals surface area contributed by atoms with Crippen molar-refractivity contribution >= 4 is 11.5 Å². The van der Waals surface area contributed by atoms with Crippen LogP contribution in [0.15, 0.2) is 30.3 Å². The van der Waals surface area contributed by atoms with Crippen LogP contribution in [0.3, 0.4) is 0 Å². The second-order valence-corrected chi connectivity index (χ2v) is 2.91. The molecule has 1 aromatic rings. The van der Waals surface area contributed by atoms with Crippen LogP contribution in [0.5, 0.6) is 0 Å². The van der Waals surface area contributed by atoms with Crippen molar-refractivity contribution in [2.24, 2.45) is 0 Å². The van der Waals surface area contributed by atoms with E-state index in [1.54, 1.807) is 24.3 Å². The first-order chi connectivity index (χ1) is 6.20. The number of ketones is 1. The lowest BCUT2D eigenvalue weighted by Crippen LogP contribution is -2.23. The molecule has 0 bridgehead atoms. The molecule has 66 valence electrons. The van der Waals surface area contributed by atoms with Gasteiger partial charge in [-0.25, -0.2) is 0 Å². The van der Waals surface area contributed by atoms with Gasteiger partial charge in [-0.1, -0.05) is 24.3 Å². The van der Waals surface area contributed by atoms with Crippen LogP contribution in [-0.2, 0) is 0 Å². The summed E-state index contributed by atoms with van der Waals surface area (Å²) in [6, 6.07) is 6.66. The maximum atomic E-state index is 11.4. The van der Waals surface area contributed by atoms with Crippen LogP contribution in [0.2, 0.25) is 0 Å². The normalized spacial score (nSPS) is 20.8. The van der Waals surface area contributed by atoms with Gasteiger partial charge in [0.2, 0.25) is 0 Å². The molecular weight excluding hydrogens is 168 g/mol. The third kappa shape index (κ3) is 1.13. The first-order valence-corrected chi connectivity index (χ1v) is 3.92. The van der Waals surface area contributed by atoms with E-state index in [0.29, 0.717) is 11.1 Å². The van der Waals surface area contributed by atoms with Gasteiger partial charge >= 0.3 is 0 Å². The molecule has 0 aliphatic heterocycles. The Hall–Kier alpha value is -1.61. The summed E-state index contributed by atoms with van der Waals surface area (Å²) in [6.07, 6.45) is -0.0695. The molecule has 3 nitrogen and oxygen atoms in total. The van der Waals surface area contributed by atoms with Gasteiger partial charge in [0, 0.05) is 11.1 Å². The fraction of sp³-hybridized carbons (Fsp3) is 0.100. The zero-order chi connectivity index (χ0) is 9.42. The molecule has 0 spiro atoms. The lowest BCUT2D eigenvalue weighted by atomic mass is 9.93. The van der Waals surface area contributed by atoms with Crippen molar-refractivity contribution < 1.29 is 15.0 Å². The molecule has 0 aromatic heterocycles. The first-order valence-electron chi connectivity index (χ1n) is 3.92. The maximum Gasteiger partial charge on any atom is 0.196 e. The molecule has 1 unspecified atom stereocenters. The third-order valence-electron chi connectivity index (χ3n) is 2.05. The van der Waals surface area contributed by atoms with Crippen molar-refractivity contribution in [3.63, 3.8) is 0 Å². The van der Waals surface area contributed by atoms with Gasteiger partial charge < -0.3 is 10.2 Å². The minimum Gasteiger partial charge on any atom is -0.508 e. The third-order valence-corrected chi connectivity index (χ3v) is 2.05. The highest BCUT2D eigenvalue weighted by molar-refractivity contribution is 6.06. The predicted molar refractivity (Wildman–Crippen MR) is 47.4 cm³/mol. The molecule has 1 aromatic carbocycles. The van der Waals surface area contributed by atoms with E-state index in [1.807, 2.05) is 0 Å². The summed E-state index contributed by atoms with van der Waals surface area (Å²) in [4.78, 5) is 11.4. The molecular formula is C10H8O3. The Morgan fingerprint density at radius 1 is 1.15 bits per heavy atom. The van der Waals surface area contributed by atoms with Crippen LogP contribution in [-0.4, -0.2) is 22.1 Å². The van der Waals surface area contributed by atoms with Crippen molar-refractivity contribution in [1.29, 1.82) is 0 Å². The SMILES string of the molecule is O=C1c2ccccc2C(O)=CC1O. The summed E-state index contributed by atoms with van der Waals surface area (Å²) in [5.74, 6) is -0.406. The summed E-state index contributed by atoms with van der Waals surface area (Å²) in [7, 11) is 0. The van der Waals surface area contributed by atoms with E-state index in [4.69, 9.17) is 0 Å². The quantitative estimate of drug-likeness (QED) is 0.623. The van der Waals surface area contributed by atoms with Gasteiger partial charge in [-0.3, -0.25) is 4.79 Å². The molecule has 0 saturated carbocycles. The van der Waals surface area contributed by atoms with Gasteiger partial charge in [0.25, 0.3) is 0 Å². The smallest absolute Gasteiger partial charge is 0.196 e. The fourth-order valence-electron chi connectivity index (χ4n) is 1.40. The van der Waals surface area contributed by atoms with Crippen molar-refractivity contribution in [1.82, 2.24) is 0 Å². The second-order valence-electron chi connectivity index (χ2n) is 2.91. The van der Waals surface area contributed by atoms with Gasteiger partial charge in [0.1, 0.15) is 11.9 Å². The van der Waals surface area contributed by atoms with E-state index >= 15 is 0 Å². The molecule has 1 aliphatic rings. The molecule has 3 heteroatoms. The van der Waals surface area contributed by atoms with Crippen LogP contribution < -0.4 is 0 Å². The van der Waals surface area contributed by atoms with Gasteiger partial charge in [-0.05, 0) is 6.08 Å². The average Bonchev–Trinajstić information content (AvgIpc) is 2.15. The maximum absolute atomic E-state index is 11.4. The number of Topliss-reactive ketones (excluding diaryl/α,β-unsaturated/α-hetero) is 1. The van der Waals surface area contributed by atoms with Crippen molar-refractivity contribution in [2.75, 3.05) is 0 Å². The van der Waals surface area contributed by atoms with E-state index in [-0.39, 0.29) is 11.5 Å². The Kier molecular flexibility index (Phi) is 1.67. The summed E-state index contributed by atoms with van der Waals surface area (Å²) >= 11 is 0. The topological polar surface area (TPSA) is 57.5 Å². The number of aliphatic hydroxyl groups is 2. The molecule has 0 fully saturated rings. The number of carbonyl (C=O) groups is 1. The summed E-state index contributed by atoms with van der Waals surface area (Å²) < 4.78 is 0. The van der Waals surface area contributed by atoms with Gasteiger partial charge in [-0.15, -0.1) is 0 Å². The van der Waals surface area contributed by atoms with E-state index < -0.39 is 6.10 Å². The zero-order valence-electron chi connectivity index (χ0n) is 6.77. The number of hydrogen-bond acceptors (Lipinski definition) is 3. The number of rotatable bonds is 0. The number of carbonyl (C=O) groups excluding carboxylic acids is 1. The van der Waals surface area contributed by atoms with Crippen LogP contribution in [0, 0.1) is 0 Å². The standard InChI is InChI=1S/C10H8O3/c11-8-5-9(12)10(13)7-4-2-1-3-6(7)8/h1-5,9,11-12H. The van der Waals surface area contributed by atoms with Crippen molar-refractivity contribution in [2.45, 2.75) is 6.10 Å². The average molecular weight is 176 g/mol. The molecule has 13 heavy (non-hydrogen) atoms. The Morgan fingerprint density at radius 2 is 1.77 bits per heavy atom. The zero-order valence-corrected chi connectivity index (χ0v) is 6.77. The highest BCUT2D eigenvalue weighted by Gasteiger charge is 2.24. The molecule has 2 rings (SSSR count). The highest BCUT2D eigenvalue weighted by Crippen LogP contribution is 2.23. The fourth-order valence-corrected chi connectivity index (χ4v) is 1.40. The monoisotopic (exact) mass is 176 g/mol. The number of aliphatic hydroxyl groups excluding tert-OH is 2. The molecule has 0 saturated heterocycles. The minimum absolute atomic E-state index is 0.0392. The van der Waals surface area contributed by atoms with Crippen molar-refractivity contribution in [3.8, 4) is 0 Å². The molecule has 0 amide bonds. The van der Waals surface area contributed by atoms with Gasteiger partial charge in [0.05, 0.1) is 0 Å². The first kappa shape index (κ1) is 8.01. The van der Waals surface area contributed by atoms with E-state index in [2.05, 4.69) is 0 Å². The Balaban J connectivity index is 2.65. The van der Waals surface area contributed by atoms with Gasteiger partial charge in [0.15, 0.2) is 5.78 Å². The van der Waals surface area contributed by atoms with E-state index in [1.165, 1.54) is 0 Å². The minimum atomic E-state index is -1.21. The highest BCUT2D eigenvalue weighted by atomic mass is 16.3. The lowest BCUT2D eigenvalue weighted by molar-refractivity contribution is 0.0813. The number of benzene rings is 1. The van der Waals surface area contributed by atoms with Crippen LogP contribution >= 0.6 is 0 Å². The molecule has 1 aliphatic carbocycles. The van der Waals surface area contributed by atoms with E-state index in [9.17, 15) is 15.0 Å². The van der Waals surface area contributed by atoms with Crippen LogP contribution in [0.25, 0.3) is 5.76 Å². The number of fused-ring (bicyclic) bond motifs is 1. The molecule has 2 N–H and O–H groups in total. The van der Waals surface area contributed by atoms with Crippen molar-refractivity contribution in [3.05, 3.63) is 41.5 Å². The molecule has 1 atom stereocenters. The molecule has 0 radical (unpaired) electrons. The van der Waals surface area contributed by atoms with Gasteiger partial charge in [-0.2, -0.15) is 0 Å². The Morgan fingerprint density at radius 3 is 2.46 bits per heavy atom.